The summed E-state index contributed by atoms with van der Waals surface area (Å²) in [5, 5.41) is 1.92. The molecule has 4 rings (SSSR count). The molecule has 120 valence electrons. The molecule has 0 unspecified atom stereocenters. The number of aromatic nitrogens is 2. The third kappa shape index (κ3) is 2.40. The molecule has 0 saturated carbocycles. The molecule has 4 heterocycles. The van der Waals surface area contributed by atoms with E-state index in [0.717, 1.165) is 28.2 Å². The van der Waals surface area contributed by atoms with E-state index in [4.69, 9.17) is 4.74 Å². The molecule has 0 N–H and O–H groups in total. The van der Waals surface area contributed by atoms with E-state index in [1.54, 1.807) is 24.5 Å². The minimum Gasteiger partial charge on any atom is -0.372 e. The van der Waals surface area contributed by atoms with Crippen LogP contribution in [0.4, 0.5) is 0 Å². The Kier molecular flexibility index (Phi) is 3.54. The Balaban J connectivity index is 1.59. The van der Waals surface area contributed by atoms with Crippen LogP contribution < -0.4 is 0 Å². The number of carbonyl (C=O) groups excluding carboxylic acids is 2. The number of nitrogens with zero attached hydrogens (tertiary/aromatic N) is 3. The Morgan fingerprint density at radius 1 is 1.35 bits per heavy atom. The fourth-order valence-corrected chi connectivity index (χ4v) is 4.38. The summed E-state index contributed by atoms with van der Waals surface area (Å²) in [6.07, 6.45) is 2.39. The predicted octanol–water partition coefficient (Wildman–Crippen LogP) is 1.88. The molecule has 0 spiro atoms. The van der Waals surface area contributed by atoms with Gasteiger partial charge in [0.25, 0.3) is 5.91 Å². The number of hydrogen-bond donors (Lipinski definition) is 0. The third-order valence-corrected chi connectivity index (χ3v) is 5.47. The van der Waals surface area contributed by atoms with Gasteiger partial charge in [0.05, 0.1) is 19.3 Å². The molecule has 2 aliphatic rings. The molecule has 0 fully saturated rings. The SMILES string of the molecule is CC(=O)c1csc2c1CCN(C(=O)c1cnc3n1CCOC3)C2. The van der Waals surface area contributed by atoms with Gasteiger partial charge in [0.2, 0.25) is 0 Å². The summed E-state index contributed by atoms with van der Waals surface area (Å²) < 4.78 is 7.32. The third-order valence-electron chi connectivity index (χ3n) is 4.46. The van der Waals surface area contributed by atoms with E-state index >= 15 is 0 Å². The molecular formula is C16H17N3O3S. The summed E-state index contributed by atoms with van der Waals surface area (Å²) in [7, 11) is 0. The molecule has 0 aromatic carbocycles. The molecule has 0 bridgehead atoms. The second-order valence-electron chi connectivity index (χ2n) is 5.85. The maximum Gasteiger partial charge on any atom is 0.272 e. The monoisotopic (exact) mass is 331 g/mol. The predicted molar refractivity (Wildman–Crippen MR) is 84.7 cm³/mol. The Morgan fingerprint density at radius 3 is 3.04 bits per heavy atom. The van der Waals surface area contributed by atoms with Crippen molar-refractivity contribution < 1.29 is 14.3 Å². The molecular weight excluding hydrogens is 314 g/mol. The van der Waals surface area contributed by atoms with E-state index in [9.17, 15) is 9.59 Å². The number of imidazole rings is 1. The van der Waals surface area contributed by atoms with Crippen LogP contribution in [0.5, 0.6) is 0 Å². The molecule has 0 aliphatic carbocycles. The van der Waals surface area contributed by atoms with Gasteiger partial charge in [-0.3, -0.25) is 9.59 Å². The van der Waals surface area contributed by atoms with E-state index in [1.807, 2.05) is 14.8 Å². The zero-order chi connectivity index (χ0) is 16.0. The number of carbonyl (C=O) groups is 2. The molecule has 7 heteroatoms. The molecule has 1 amide bonds. The van der Waals surface area contributed by atoms with Crippen molar-refractivity contribution in [2.75, 3.05) is 13.2 Å². The van der Waals surface area contributed by atoms with E-state index in [1.165, 1.54) is 0 Å². The van der Waals surface area contributed by atoms with Crippen molar-refractivity contribution in [3.05, 3.63) is 39.1 Å². The number of amides is 1. The normalized spacial score (nSPS) is 16.8. The number of fused-ring (bicyclic) bond motifs is 2. The van der Waals surface area contributed by atoms with Gasteiger partial charge in [-0.15, -0.1) is 11.3 Å². The lowest BCUT2D eigenvalue weighted by Gasteiger charge is -2.28. The van der Waals surface area contributed by atoms with Crippen molar-refractivity contribution in [3.8, 4) is 0 Å². The maximum atomic E-state index is 12.8. The van der Waals surface area contributed by atoms with Crippen molar-refractivity contribution in [2.45, 2.75) is 33.0 Å². The van der Waals surface area contributed by atoms with Crippen molar-refractivity contribution in [1.82, 2.24) is 14.5 Å². The maximum absolute atomic E-state index is 12.8. The number of rotatable bonds is 2. The topological polar surface area (TPSA) is 64.4 Å². The Hall–Kier alpha value is -1.99. The molecule has 0 atom stereocenters. The van der Waals surface area contributed by atoms with Crippen LogP contribution in [0.15, 0.2) is 11.6 Å². The van der Waals surface area contributed by atoms with Gasteiger partial charge in [0, 0.05) is 28.9 Å². The quantitative estimate of drug-likeness (QED) is 0.788. The van der Waals surface area contributed by atoms with Crippen molar-refractivity contribution in [2.24, 2.45) is 0 Å². The van der Waals surface area contributed by atoms with Gasteiger partial charge in [0.1, 0.15) is 18.1 Å². The molecule has 2 aromatic rings. The summed E-state index contributed by atoms with van der Waals surface area (Å²) >= 11 is 1.57. The van der Waals surface area contributed by atoms with E-state index in [0.29, 0.717) is 38.5 Å². The van der Waals surface area contributed by atoms with Crippen molar-refractivity contribution in [3.63, 3.8) is 0 Å². The zero-order valence-corrected chi connectivity index (χ0v) is 13.7. The summed E-state index contributed by atoms with van der Waals surface area (Å²) in [4.78, 5) is 31.8. The van der Waals surface area contributed by atoms with Crippen LogP contribution in [0.25, 0.3) is 0 Å². The molecule has 0 radical (unpaired) electrons. The second-order valence-corrected chi connectivity index (χ2v) is 6.81. The molecule has 2 aromatic heterocycles. The fraction of sp³-hybridized carbons (Fsp3) is 0.438. The van der Waals surface area contributed by atoms with Crippen LogP contribution in [0.3, 0.4) is 0 Å². The lowest BCUT2D eigenvalue weighted by molar-refractivity contribution is 0.0675. The van der Waals surface area contributed by atoms with Crippen LogP contribution in [-0.2, 0) is 30.9 Å². The van der Waals surface area contributed by atoms with E-state index < -0.39 is 0 Å². The minimum absolute atomic E-state index is 0.00840. The average molecular weight is 331 g/mol. The second kappa shape index (κ2) is 5.58. The number of ether oxygens (including phenoxy) is 1. The highest BCUT2D eigenvalue weighted by molar-refractivity contribution is 7.10. The van der Waals surface area contributed by atoms with Gasteiger partial charge in [-0.1, -0.05) is 0 Å². The van der Waals surface area contributed by atoms with Crippen LogP contribution in [0, 0.1) is 0 Å². The van der Waals surface area contributed by atoms with Gasteiger partial charge in [-0.05, 0) is 18.9 Å². The Labute approximate surface area is 137 Å². The van der Waals surface area contributed by atoms with Gasteiger partial charge >= 0.3 is 0 Å². The van der Waals surface area contributed by atoms with Gasteiger partial charge in [-0.25, -0.2) is 4.98 Å². The van der Waals surface area contributed by atoms with Gasteiger partial charge < -0.3 is 14.2 Å². The number of ketones is 1. The van der Waals surface area contributed by atoms with Crippen LogP contribution >= 0.6 is 11.3 Å². The zero-order valence-electron chi connectivity index (χ0n) is 12.9. The van der Waals surface area contributed by atoms with E-state index in [-0.39, 0.29) is 11.7 Å². The fourth-order valence-electron chi connectivity index (χ4n) is 3.23. The lowest BCUT2D eigenvalue weighted by atomic mass is 10.0. The number of hydrogen-bond acceptors (Lipinski definition) is 5. The summed E-state index contributed by atoms with van der Waals surface area (Å²) in [5.41, 5.74) is 2.57. The first-order valence-corrected chi connectivity index (χ1v) is 8.54. The minimum atomic E-state index is 0.00840. The number of thiophene rings is 1. The number of Topliss-reactive ketones (excluding diaryl/α,β-unsaturated/α-hetero) is 1. The standard InChI is InChI=1S/C16H17N3O3S/c1-10(20)12-9-23-14-7-18(3-2-11(12)14)16(21)13-6-17-15-8-22-5-4-19(13)15/h6,9H,2-5,7-8H2,1H3. The summed E-state index contributed by atoms with van der Waals surface area (Å²) in [5.74, 6) is 0.925. The van der Waals surface area contributed by atoms with Crippen LogP contribution in [-0.4, -0.2) is 39.3 Å². The van der Waals surface area contributed by atoms with Crippen LogP contribution in [0.2, 0.25) is 0 Å². The molecule has 2 aliphatic heterocycles. The van der Waals surface area contributed by atoms with Gasteiger partial charge in [-0.2, -0.15) is 0 Å². The first kappa shape index (κ1) is 14.6. The molecule has 0 saturated heterocycles. The molecule has 6 nitrogen and oxygen atoms in total. The highest BCUT2D eigenvalue weighted by atomic mass is 32.1. The Bertz CT molecular complexity index is 793. The Morgan fingerprint density at radius 2 is 2.22 bits per heavy atom. The van der Waals surface area contributed by atoms with Gasteiger partial charge in [0.15, 0.2) is 5.78 Å². The van der Waals surface area contributed by atoms with Crippen LogP contribution in [0.1, 0.15) is 44.0 Å². The molecule has 23 heavy (non-hydrogen) atoms. The first-order valence-electron chi connectivity index (χ1n) is 7.66. The van der Waals surface area contributed by atoms with Crippen molar-refractivity contribution in [1.29, 1.82) is 0 Å². The van der Waals surface area contributed by atoms with E-state index in [2.05, 4.69) is 4.98 Å². The summed E-state index contributed by atoms with van der Waals surface area (Å²) in [6, 6.07) is 0. The first-order chi connectivity index (χ1) is 11.1. The smallest absolute Gasteiger partial charge is 0.272 e. The summed E-state index contributed by atoms with van der Waals surface area (Å²) in [6.45, 7) is 4.55. The largest absolute Gasteiger partial charge is 0.372 e. The average Bonchev–Trinajstić information content (AvgIpc) is 3.17. The highest BCUT2D eigenvalue weighted by Gasteiger charge is 2.28. The highest BCUT2D eigenvalue weighted by Crippen LogP contribution is 2.30. The lowest BCUT2D eigenvalue weighted by Crippen LogP contribution is -2.37. The van der Waals surface area contributed by atoms with Crippen molar-refractivity contribution >= 4 is 23.0 Å².